The van der Waals surface area contributed by atoms with Gasteiger partial charge in [0, 0.05) is 25.2 Å². The number of nitrogens with zero attached hydrogens (tertiary/aromatic N) is 1. The number of halogens is 1. The zero-order chi connectivity index (χ0) is 13.0. The summed E-state index contributed by atoms with van der Waals surface area (Å²) in [6.07, 6.45) is 0. The van der Waals surface area contributed by atoms with Crippen LogP contribution >= 0.6 is 0 Å². The first-order chi connectivity index (χ1) is 8.68. The van der Waals surface area contributed by atoms with E-state index in [0.717, 1.165) is 0 Å². The Bertz CT molecular complexity index is 418. The molecule has 0 amide bonds. The highest BCUT2D eigenvalue weighted by Gasteiger charge is 2.26. The Labute approximate surface area is 105 Å². The molecule has 0 bridgehead atoms. The van der Waals surface area contributed by atoms with Crippen molar-refractivity contribution in [2.45, 2.75) is 5.92 Å². The minimum absolute atomic E-state index is 0.247. The fourth-order valence-corrected chi connectivity index (χ4v) is 2.11. The summed E-state index contributed by atoms with van der Waals surface area (Å²) in [5.41, 5.74) is 0.247. The third-order valence-corrected chi connectivity index (χ3v) is 3.12. The highest BCUT2D eigenvalue weighted by Crippen LogP contribution is 2.21. The fourth-order valence-electron chi connectivity index (χ4n) is 2.11. The van der Waals surface area contributed by atoms with E-state index in [1.807, 2.05) is 4.90 Å². The first kappa shape index (κ1) is 13.0. The molecule has 18 heavy (non-hydrogen) atoms. The van der Waals surface area contributed by atoms with Crippen LogP contribution in [0.25, 0.3) is 0 Å². The molecule has 0 aliphatic carbocycles. The van der Waals surface area contributed by atoms with Crippen LogP contribution in [0, 0.1) is 5.82 Å². The summed E-state index contributed by atoms with van der Waals surface area (Å²) in [6, 6.07) is 6.05. The van der Waals surface area contributed by atoms with Gasteiger partial charge in [-0.25, -0.2) is 4.39 Å². The standard InChI is InChI=1S/C13H16FNO3/c14-12-4-2-1-3-10(12)11(13(16)17)9-15-5-7-18-8-6-15/h1-4,11H,5-9H2,(H,16,17). The average molecular weight is 253 g/mol. The SMILES string of the molecule is O=C(O)C(CN1CCOCC1)c1ccccc1F. The van der Waals surface area contributed by atoms with Crippen molar-refractivity contribution in [2.75, 3.05) is 32.8 Å². The largest absolute Gasteiger partial charge is 0.481 e. The third-order valence-electron chi connectivity index (χ3n) is 3.12. The van der Waals surface area contributed by atoms with E-state index in [4.69, 9.17) is 4.74 Å². The second-order valence-corrected chi connectivity index (χ2v) is 4.33. The Morgan fingerprint density at radius 2 is 2.06 bits per heavy atom. The molecule has 2 rings (SSSR count). The van der Waals surface area contributed by atoms with Crippen LogP contribution in [-0.4, -0.2) is 48.8 Å². The molecule has 5 heteroatoms. The lowest BCUT2D eigenvalue weighted by atomic mass is 9.98. The smallest absolute Gasteiger partial charge is 0.312 e. The summed E-state index contributed by atoms with van der Waals surface area (Å²) in [5, 5.41) is 9.26. The maximum Gasteiger partial charge on any atom is 0.312 e. The zero-order valence-corrected chi connectivity index (χ0v) is 10.0. The average Bonchev–Trinajstić information content (AvgIpc) is 2.38. The van der Waals surface area contributed by atoms with Gasteiger partial charge in [-0.1, -0.05) is 18.2 Å². The Hall–Kier alpha value is -1.46. The molecule has 1 fully saturated rings. The highest BCUT2D eigenvalue weighted by molar-refractivity contribution is 5.76. The van der Waals surface area contributed by atoms with Crippen molar-refractivity contribution in [1.29, 1.82) is 0 Å². The van der Waals surface area contributed by atoms with Gasteiger partial charge in [0.2, 0.25) is 0 Å². The summed E-state index contributed by atoms with van der Waals surface area (Å²) >= 11 is 0. The molecule has 0 spiro atoms. The first-order valence-corrected chi connectivity index (χ1v) is 5.96. The minimum atomic E-state index is -0.994. The van der Waals surface area contributed by atoms with E-state index in [1.54, 1.807) is 12.1 Å². The van der Waals surface area contributed by atoms with Gasteiger partial charge in [0.25, 0.3) is 0 Å². The van der Waals surface area contributed by atoms with E-state index in [-0.39, 0.29) is 5.56 Å². The number of rotatable bonds is 4. The first-order valence-electron chi connectivity index (χ1n) is 5.96. The molecule has 1 heterocycles. The summed E-state index contributed by atoms with van der Waals surface area (Å²) < 4.78 is 18.9. The van der Waals surface area contributed by atoms with Crippen molar-refractivity contribution < 1.29 is 19.0 Å². The van der Waals surface area contributed by atoms with Crippen LogP contribution < -0.4 is 0 Å². The predicted octanol–water partition coefficient (Wildman–Crippen LogP) is 1.33. The predicted molar refractivity (Wildman–Crippen MR) is 64.0 cm³/mol. The van der Waals surface area contributed by atoms with Crippen molar-refractivity contribution in [3.63, 3.8) is 0 Å². The second-order valence-electron chi connectivity index (χ2n) is 4.33. The maximum absolute atomic E-state index is 13.6. The molecule has 1 aromatic carbocycles. The van der Waals surface area contributed by atoms with Gasteiger partial charge in [0.05, 0.1) is 19.1 Å². The lowest BCUT2D eigenvalue weighted by molar-refractivity contribution is -0.139. The van der Waals surface area contributed by atoms with E-state index in [9.17, 15) is 14.3 Å². The van der Waals surface area contributed by atoms with Crippen LogP contribution in [0.4, 0.5) is 4.39 Å². The Morgan fingerprint density at radius 3 is 2.67 bits per heavy atom. The molecule has 98 valence electrons. The number of benzene rings is 1. The van der Waals surface area contributed by atoms with Gasteiger partial charge in [0.1, 0.15) is 5.82 Å². The van der Waals surface area contributed by atoms with E-state index >= 15 is 0 Å². The number of carboxylic acid groups (broad SMARTS) is 1. The lowest BCUT2D eigenvalue weighted by Crippen LogP contribution is -2.40. The van der Waals surface area contributed by atoms with Gasteiger partial charge in [0.15, 0.2) is 0 Å². The maximum atomic E-state index is 13.6. The number of carbonyl (C=O) groups is 1. The Balaban J connectivity index is 2.13. The van der Waals surface area contributed by atoms with Crippen LogP contribution in [0.3, 0.4) is 0 Å². The Morgan fingerprint density at radius 1 is 1.39 bits per heavy atom. The van der Waals surface area contributed by atoms with Gasteiger partial charge < -0.3 is 9.84 Å². The quantitative estimate of drug-likeness (QED) is 0.879. The van der Waals surface area contributed by atoms with Gasteiger partial charge in [-0.05, 0) is 6.07 Å². The summed E-state index contributed by atoms with van der Waals surface area (Å²) in [7, 11) is 0. The van der Waals surface area contributed by atoms with Gasteiger partial charge in [-0.15, -0.1) is 0 Å². The second kappa shape index (κ2) is 5.93. The fraction of sp³-hybridized carbons (Fsp3) is 0.462. The van der Waals surface area contributed by atoms with Crippen molar-refractivity contribution in [3.05, 3.63) is 35.6 Å². The number of carboxylic acids is 1. The van der Waals surface area contributed by atoms with E-state index in [2.05, 4.69) is 0 Å². The molecule has 1 aliphatic heterocycles. The monoisotopic (exact) mass is 253 g/mol. The molecule has 0 radical (unpaired) electrons. The van der Waals surface area contributed by atoms with Crippen molar-refractivity contribution in [2.24, 2.45) is 0 Å². The third kappa shape index (κ3) is 3.05. The van der Waals surface area contributed by atoms with Crippen LogP contribution in [0.15, 0.2) is 24.3 Å². The molecule has 1 aromatic rings. The molecule has 0 saturated carbocycles. The van der Waals surface area contributed by atoms with Crippen LogP contribution in [0.5, 0.6) is 0 Å². The normalized spacial score (nSPS) is 18.5. The molecule has 0 aromatic heterocycles. The molecule has 1 N–H and O–H groups in total. The summed E-state index contributed by atoms with van der Waals surface area (Å²) in [4.78, 5) is 13.3. The number of hydrogen-bond acceptors (Lipinski definition) is 3. The van der Waals surface area contributed by atoms with Crippen LogP contribution in [0.2, 0.25) is 0 Å². The summed E-state index contributed by atoms with van der Waals surface area (Å²) in [6.45, 7) is 2.91. The van der Waals surface area contributed by atoms with Gasteiger partial charge >= 0.3 is 5.97 Å². The molecule has 1 aliphatic rings. The van der Waals surface area contributed by atoms with E-state index in [0.29, 0.717) is 32.8 Å². The molecule has 1 atom stereocenters. The number of morpholine rings is 1. The van der Waals surface area contributed by atoms with Crippen molar-refractivity contribution >= 4 is 5.97 Å². The van der Waals surface area contributed by atoms with E-state index in [1.165, 1.54) is 12.1 Å². The topological polar surface area (TPSA) is 49.8 Å². The number of ether oxygens (including phenoxy) is 1. The molecule has 4 nitrogen and oxygen atoms in total. The van der Waals surface area contributed by atoms with Gasteiger partial charge in [-0.2, -0.15) is 0 Å². The minimum Gasteiger partial charge on any atom is -0.481 e. The zero-order valence-electron chi connectivity index (χ0n) is 10.0. The molecule has 1 saturated heterocycles. The highest BCUT2D eigenvalue weighted by atomic mass is 19.1. The summed E-state index contributed by atoms with van der Waals surface area (Å²) in [5.74, 6) is -2.28. The number of aliphatic carboxylic acids is 1. The Kier molecular flexibility index (Phi) is 4.28. The van der Waals surface area contributed by atoms with E-state index < -0.39 is 17.7 Å². The van der Waals surface area contributed by atoms with Crippen LogP contribution in [0.1, 0.15) is 11.5 Å². The molecule has 1 unspecified atom stereocenters. The van der Waals surface area contributed by atoms with Crippen molar-refractivity contribution in [1.82, 2.24) is 4.90 Å². The van der Waals surface area contributed by atoms with Crippen LogP contribution in [-0.2, 0) is 9.53 Å². The molecular formula is C13H16FNO3. The lowest BCUT2D eigenvalue weighted by Gasteiger charge is -2.29. The van der Waals surface area contributed by atoms with Gasteiger partial charge in [-0.3, -0.25) is 9.69 Å². The van der Waals surface area contributed by atoms with Crippen molar-refractivity contribution in [3.8, 4) is 0 Å². The molecular weight excluding hydrogens is 237 g/mol. The number of hydrogen-bond donors (Lipinski definition) is 1.